The number of carbonyl (C=O) groups is 2. The number of hydrogen-bond acceptors (Lipinski definition) is 3. The zero-order valence-corrected chi connectivity index (χ0v) is 9.62. The van der Waals surface area contributed by atoms with E-state index in [9.17, 15) is 9.59 Å². The van der Waals surface area contributed by atoms with Crippen LogP contribution in [0.1, 0.15) is 17.3 Å². The molecule has 0 fully saturated rings. The molecule has 0 aliphatic rings. The van der Waals surface area contributed by atoms with Crippen LogP contribution >= 0.6 is 11.6 Å². The van der Waals surface area contributed by atoms with Gasteiger partial charge in [-0.05, 0) is 18.2 Å². The summed E-state index contributed by atoms with van der Waals surface area (Å²) < 4.78 is 4.84. The van der Waals surface area contributed by atoms with Crippen LogP contribution in [0.2, 0.25) is 5.02 Å². The number of aromatic carboxylic acids is 1. The average Bonchev–Trinajstić information content (AvgIpc) is 2.17. The highest BCUT2D eigenvalue weighted by atomic mass is 35.5. The maximum Gasteiger partial charge on any atom is 0.335 e. The number of benzene rings is 1. The Kier molecular flexibility index (Phi) is 5.95. The summed E-state index contributed by atoms with van der Waals surface area (Å²) in [5.74, 6) is -0.957. The van der Waals surface area contributed by atoms with Crippen LogP contribution in [0.3, 0.4) is 0 Å². The maximum atomic E-state index is 10.5. The lowest BCUT2D eigenvalue weighted by molar-refractivity contribution is -0.115. The van der Waals surface area contributed by atoms with Crippen molar-refractivity contribution in [3.63, 3.8) is 0 Å². The molecule has 0 unspecified atom stereocenters. The fraction of sp³-hybridized carbons (Fsp3) is 0.200. The highest BCUT2D eigenvalue weighted by molar-refractivity contribution is 6.32. The van der Waals surface area contributed by atoms with Crippen molar-refractivity contribution in [3.05, 3.63) is 28.8 Å². The van der Waals surface area contributed by atoms with Crippen molar-refractivity contribution < 1.29 is 19.4 Å². The molecule has 6 heteroatoms. The molecule has 0 atom stereocenters. The minimum absolute atomic E-state index is 0.163. The van der Waals surface area contributed by atoms with Crippen LogP contribution in [-0.4, -0.2) is 24.1 Å². The predicted octanol–water partition coefficient (Wildman–Crippen LogP) is 1.54. The number of amides is 1. The number of carboxylic acids is 1. The molecule has 0 aliphatic heterocycles. The van der Waals surface area contributed by atoms with Gasteiger partial charge in [-0.15, -0.1) is 0 Å². The number of nitrogens with two attached hydrogens (primary N) is 1. The third kappa shape index (κ3) is 5.21. The Morgan fingerprint density at radius 3 is 2.31 bits per heavy atom. The first-order chi connectivity index (χ1) is 7.38. The molecule has 0 aliphatic carbocycles. The molecule has 0 saturated heterocycles. The first-order valence-corrected chi connectivity index (χ1v) is 4.59. The van der Waals surface area contributed by atoms with E-state index in [-0.39, 0.29) is 11.5 Å². The highest BCUT2D eigenvalue weighted by Crippen LogP contribution is 2.24. The second kappa shape index (κ2) is 6.68. The number of primary amides is 1. The first kappa shape index (κ1) is 14.2. The van der Waals surface area contributed by atoms with Gasteiger partial charge in [-0.1, -0.05) is 11.6 Å². The summed E-state index contributed by atoms with van der Waals surface area (Å²) in [5.41, 5.74) is 4.64. The number of rotatable bonds is 2. The van der Waals surface area contributed by atoms with Crippen LogP contribution in [0.25, 0.3) is 0 Å². The topological polar surface area (TPSA) is 89.6 Å². The third-order valence-corrected chi connectivity index (χ3v) is 1.71. The van der Waals surface area contributed by atoms with Crippen molar-refractivity contribution in [3.8, 4) is 5.75 Å². The fourth-order valence-electron chi connectivity index (χ4n) is 0.793. The molecule has 0 spiro atoms. The van der Waals surface area contributed by atoms with Gasteiger partial charge in [0.25, 0.3) is 0 Å². The van der Waals surface area contributed by atoms with Gasteiger partial charge >= 0.3 is 5.97 Å². The summed E-state index contributed by atoms with van der Waals surface area (Å²) >= 11 is 5.68. The Morgan fingerprint density at radius 1 is 1.44 bits per heavy atom. The van der Waals surface area contributed by atoms with Gasteiger partial charge in [0.1, 0.15) is 5.75 Å². The lowest BCUT2D eigenvalue weighted by Gasteiger charge is -2.02. The number of hydrogen-bond donors (Lipinski definition) is 2. The van der Waals surface area contributed by atoms with Crippen LogP contribution in [0, 0.1) is 0 Å². The van der Waals surface area contributed by atoms with Crippen molar-refractivity contribution in [2.45, 2.75) is 6.92 Å². The van der Waals surface area contributed by atoms with E-state index in [0.29, 0.717) is 10.8 Å². The van der Waals surface area contributed by atoms with Gasteiger partial charge in [0.2, 0.25) is 5.91 Å². The zero-order valence-electron chi connectivity index (χ0n) is 8.86. The Morgan fingerprint density at radius 2 is 1.94 bits per heavy atom. The van der Waals surface area contributed by atoms with E-state index in [1.54, 1.807) is 0 Å². The number of methoxy groups -OCH3 is 1. The van der Waals surface area contributed by atoms with E-state index >= 15 is 0 Å². The van der Waals surface area contributed by atoms with Crippen LogP contribution in [0.15, 0.2) is 18.2 Å². The lowest BCUT2D eigenvalue weighted by Crippen LogP contribution is -2.01. The van der Waals surface area contributed by atoms with E-state index in [0.717, 1.165) is 0 Å². The zero-order chi connectivity index (χ0) is 12.7. The van der Waals surface area contributed by atoms with Crippen LogP contribution in [0.4, 0.5) is 0 Å². The first-order valence-electron chi connectivity index (χ1n) is 4.21. The summed E-state index contributed by atoms with van der Waals surface area (Å²) in [4.78, 5) is 19.7. The molecule has 16 heavy (non-hydrogen) atoms. The highest BCUT2D eigenvalue weighted by Gasteiger charge is 2.06. The van der Waals surface area contributed by atoms with Gasteiger partial charge < -0.3 is 15.6 Å². The molecule has 1 amide bonds. The van der Waals surface area contributed by atoms with Crippen molar-refractivity contribution >= 4 is 23.5 Å². The molecule has 0 radical (unpaired) electrons. The van der Waals surface area contributed by atoms with Gasteiger partial charge in [-0.25, -0.2) is 4.79 Å². The molecule has 1 rings (SSSR count). The predicted molar refractivity (Wildman–Crippen MR) is 59.8 cm³/mol. The molecule has 5 nitrogen and oxygen atoms in total. The van der Waals surface area contributed by atoms with Crippen LogP contribution in [-0.2, 0) is 4.79 Å². The Labute approximate surface area is 97.8 Å². The molecule has 88 valence electrons. The Bertz CT molecular complexity index is 388. The maximum absolute atomic E-state index is 10.5. The van der Waals surface area contributed by atoms with Gasteiger partial charge in [-0.2, -0.15) is 0 Å². The van der Waals surface area contributed by atoms with Crippen molar-refractivity contribution in [2.24, 2.45) is 5.73 Å². The van der Waals surface area contributed by atoms with Gasteiger partial charge in [0, 0.05) is 6.92 Å². The molecule has 3 N–H and O–H groups in total. The van der Waals surface area contributed by atoms with Crippen molar-refractivity contribution in [2.75, 3.05) is 7.11 Å². The summed E-state index contributed by atoms with van der Waals surface area (Å²) in [5, 5.41) is 9.00. The quantitative estimate of drug-likeness (QED) is 0.827. The van der Waals surface area contributed by atoms with Gasteiger partial charge in [0.05, 0.1) is 17.7 Å². The minimum atomic E-state index is -0.995. The summed E-state index contributed by atoms with van der Waals surface area (Å²) in [6.45, 7) is 1.31. The van der Waals surface area contributed by atoms with E-state index < -0.39 is 5.97 Å². The van der Waals surface area contributed by atoms with Gasteiger partial charge in [0.15, 0.2) is 0 Å². The molecule has 1 aromatic carbocycles. The average molecular weight is 246 g/mol. The minimum Gasteiger partial charge on any atom is -0.495 e. The molecular formula is C10H12ClNO4. The molecule has 1 aromatic rings. The Balaban J connectivity index is 0.000000487. The standard InChI is InChI=1S/C8H7ClO3.C2H5NO/c1-12-7-4-5(8(10)11)2-3-6(7)9;1-2(3)4/h2-4H,1H3,(H,10,11);1H3,(H2,3,4). The van der Waals surface area contributed by atoms with E-state index in [1.165, 1.54) is 32.2 Å². The number of halogens is 1. The normalized spacial score (nSPS) is 8.69. The molecule has 0 saturated carbocycles. The number of carboxylic acid groups (broad SMARTS) is 1. The lowest BCUT2D eigenvalue weighted by atomic mass is 10.2. The summed E-state index contributed by atoms with van der Waals surface area (Å²) in [6, 6.07) is 4.29. The molecular weight excluding hydrogens is 234 g/mol. The number of carbonyl (C=O) groups excluding carboxylic acids is 1. The fourth-order valence-corrected chi connectivity index (χ4v) is 0.988. The van der Waals surface area contributed by atoms with Crippen molar-refractivity contribution in [1.29, 1.82) is 0 Å². The molecule has 0 heterocycles. The third-order valence-electron chi connectivity index (χ3n) is 1.40. The smallest absolute Gasteiger partial charge is 0.335 e. The molecule has 0 aromatic heterocycles. The van der Waals surface area contributed by atoms with Crippen LogP contribution in [0.5, 0.6) is 5.75 Å². The summed E-state index contributed by atoms with van der Waals surface area (Å²) in [7, 11) is 1.44. The largest absolute Gasteiger partial charge is 0.495 e. The molecule has 0 bridgehead atoms. The Hall–Kier alpha value is -1.75. The van der Waals surface area contributed by atoms with E-state index in [2.05, 4.69) is 5.73 Å². The van der Waals surface area contributed by atoms with Crippen molar-refractivity contribution in [1.82, 2.24) is 0 Å². The van der Waals surface area contributed by atoms with Gasteiger partial charge in [-0.3, -0.25) is 4.79 Å². The SMILES string of the molecule is CC(N)=O.COc1cc(C(=O)O)ccc1Cl. The number of ether oxygens (including phenoxy) is 1. The van der Waals surface area contributed by atoms with E-state index in [1.807, 2.05) is 0 Å². The summed E-state index contributed by atoms with van der Waals surface area (Å²) in [6.07, 6.45) is 0. The monoisotopic (exact) mass is 245 g/mol. The van der Waals surface area contributed by atoms with E-state index in [4.69, 9.17) is 21.4 Å². The second-order valence-corrected chi connectivity index (χ2v) is 3.17. The van der Waals surface area contributed by atoms with Crippen LogP contribution < -0.4 is 10.5 Å². The second-order valence-electron chi connectivity index (χ2n) is 2.77.